The molecule has 0 aromatic carbocycles. The highest BCUT2D eigenvalue weighted by molar-refractivity contribution is 6.69. The first-order valence-corrected chi connectivity index (χ1v) is 8.00. The normalized spacial score (nSPS) is 23.2. The minimum Gasteiger partial charge on any atom is -0.393 e. The molecule has 1 fully saturated rings. The Morgan fingerprint density at radius 2 is 1.80 bits per heavy atom. The number of fused-ring (bicyclic) bond motifs is 1. The molecule has 4 nitrogen and oxygen atoms in total. The second kappa shape index (κ2) is 7.79. The van der Waals surface area contributed by atoms with Gasteiger partial charge in [0.1, 0.15) is 16.7 Å². The molecule has 1 aromatic rings. The zero-order valence-corrected chi connectivity index (χ0v) is 13.9. The van der Waals surface area contributed by atoms with Crippen molar-refractivity contribution in [2.45, 2.75) is 66.0 Å². The van der Waals surface area contributed by atoms with Crippen LogP contribution in [0, 0.1) is 6.92 Å². The maximum Gasteiger partial charge on any atom is 0.149 e. The summed E-state index contributed by atoms with van der Waals surface area (Å²) in [5.41, 5.74) is 1.91. The van der Waals surface area contributed by atoms with E-state index in [1.165, 1.54) is 0 Å². The molecule has 1 aliphatic carbocycles. The molecule has 0 atom stereocenters. The number of halogens is 1. The van der Waals surface area contributed by atoms with Gasteiger partial charge in [0.15, 0.2) is 0 Å². The highest BCUT2D eigenvalue weighted by Crippen LogP contribution is 2.37. The van der Waals surface area contributed by atoms with Gasteiger partial charge in [0.2, 0.25) is 0 Å². The van der Waals surface area contributed by atoms with Crippen LogP contribution in [0.15, 0.2) is 4.99 Å². The number of imidazole rings is 1. The third-order valence-electron chi connectivity index (χ3n) is 3.42. The Kier molecular flexibility index (Phi) is 6.69. The number of aromatic nitrogens is 2. The quantitative estimate of drug-likeness (QED) is 0.863. The summed E-state index contributed by atoms with van der Waals surface area (Å²) in [4.78, 5) is 8.82. The number of aliphatic hydroxyl groups excluding tert-OH is 1. The lowest BCUT2D eigenvalue weighted by Gasteiger charge is -2.31. The number of rotatable bonds is 1. The molecule has 5 heteroatoms. The molecule has 0 amide bonds. The number of hydrogen-bond donors (Lipinski definition) is 1. The fraction of sp³-hybridized carbons (Fsp3) is 0.733. The summed E-state index contributed by atoms with van der Waals surface area (Å²) in [6.07, 6.45) is 1.50. The van der Waals surface area contributed by atoms with Crippen LogP contribution in [0.1, 0.15) is 63.7 Å². The summed E-state index contributed by atoms with van der Waals surface area (Å²) in [7, 11) is 0. The number of aliphatic imine (C=N–C) groups is 1. The van der Waals surface area contributed by atoms with Crippen molar-refractivity contribution >= 4 is 16.8 Å². The van der Waals surface area contributed by atoms with Gasteiger partial charge in [0.25, 0.3) is 0 Å². The van der Waals surface area contributed by atoms with Crippen LogP contribution in [0.25, 0.3) is 0 Å². The molecule has 0 saturated heterocycles. The van der Waals surface area contributed by atoms with Crippen molar-refractivity contribution in [3.8, 4) is 0 Å². The van der Waals surface area contributed by atoms with E-state index < -0.39 is 0 Å². The Morgan fingerprint density at radius 3 is 2.35 bits per heavy atom. The monoisotopic (exact) mass is 299 g/mol. The van der Waals surface area contributed by atoms with Gasteiger partial charge in [-0.3, -0.25) is 4.99 Å². The highest BCUT2D eigenvalue weighted by Gasteiger charge is 2.34. The lowest BCUT2D eigenvalue weighted by atomic mass is 9.82. The summed E-state index contributed by atoms with van der Waals surface area (Å²) in [5.74, 6) is 1.47. The van der Waals surface area contributed by atoms with Crippen molar-refractivity contribution < 1.29 is 5.11 Å². The Hall–Kier alpha value is -0.870. The van der Waals surface area contributed by atoms with Crippen molar-refractivity contribution in [1.29, 1.82) is 0 Å². The van der Waals surface area contributed by atoms with E-state index in [0.717, 1.165) is 43.1 Å². The molecule has 0 spiro atoms. The van der Waals surface area contributed by atoms with E-state index in [-0.39, 0.29) is 6.10 Å². The standard InChI is InChI=1S/C11H14ClN3O.2C2H6/c1-6-9-10(12)13-2-3-15(9)11(14-6)7-4-8(16)5-7;2*1-2/h7-8,16H,2-5H2,1H3;2*1-2H3. The molecule has 114 valence electrons. The molecule has 0 bridgehead atoms. The van der Waals surface area contributed by atoms with Crippen LogP contribution < -0.4 is 0 Å². The molecule has 1 N–H and O–H groups in total. The topological polar surface area (TPSA) is 50.4 Å². The van der Waals surface area contributed by atoms with Gasteiger partial charge in [-0.25, -0.2) is 4.98 Å². The van der Waals surface area contributed by atoms with Crippen molar-refractivity contribution in [2.24, 2.45) is 4.99 Å². The van der Waals surface area contributed by atoms with Crippen molar-refractivity contribution in [2.75, 3.05) is 6.54 Å². The van der Waals surface area contributed by atoms with Gasteiger partial charge in [-0.1, -0.05) is 39.3 Å². The van der Waals surface area contributed by atoms with Crippen LogP contribution in [-0.2, 0) is 6.54 Å². The Bertz CT molecular complexity index is 462. The van der Waals surface area contributed by atoms with Gasteiger partial charge in [-0.2, -0.15) is 0 Å². The molecule has 2 heterocycles. The molecular formula is C15H26ClN3O. The molecule has 3 rings (SSSR count). The Balaban J connectivity index is 0.000000461. The van der Waals surface area contributed by atoms with Crippen LogP contribution in [0.4, 0.5) is 0 Å². The summed E-state index contributed by atoms with van der Waals surface area (Å²) in [6, 6.07) is 0. The zero-order valence-electron chi connectivity index (χ0n) is 13.1. The second-order valence-corrected chi connectivity index (χ2v) is 4.91. The molecule has 0 radical (unpaired) electrons. The fourth-order valence-corrected chi connectivity index (χ4v) is 2.84. The van der Waals surface area contributed by atoms with Gasteiger partial charge in [0.05, 0.1) is 18.3 Å². The van der Waals surface area contributed by atoms with Crippen molar-refractivity contribution in [1.82, 2.24) is 9.55 Å². The zero-order chi connectivity index (χ0) is 15.3. The largest absolute Gasteiger partial charge is 0.393 e. The average Bonchev–Trinajstić information content (AvgIpc) is 2.78. The van der Waals surface area contributed by atoms with Crippen LogP contribution in [0.5, 0.6) is 0 Å². The second-order valence-electron chi connectivity index (χ2n) is 4.55. The third kappa shape index (κ3) is 3.23. The van der Waals surface area contributed by atoms with Crippen molar-refractivity contribution in [3.63, 3.8) is 0 Å². The third-order valence-corrected chi connectivity index (χ3v) is 3.72. The average molecular weight is 300 g/mol. The first-order chi connectivity index (χ1) is 9.66. The van der Waals surface area contributed by atoms with Gasteiger partial charge in [-0.05, 0) is 19.8 Å². The van der Waals surface area contributed by atoms with E-state index >= 15 is 0 Å². The highest BCUT2D eigenvalue weighted by atomic mass is 35.5. The SMILES string of the molecule is CC.CC.Cc1nc(C2CC(O)C2)n2c1C(Cl)=NCC2. The van der Waals surface area contributed by atoms with Crippen LogP contribution in [0.2, 0.25) is 0 Å². The molecule has 0 unspecified atom stereocenters. The molecule has 1 aromatic heterocycles. The number of nitrogens with zero attached hydrogens (tertiary/aromatic N) is 3. The number of hydrogen-bond acceptors (Lipinski definition) is 3. The van der Waals surface area contributed by atoms with E-state index in [9.17, 15) is 5.11 Å². The van der Waals surface area contributed by atoms with E-state index in [4.69, 9.17) is 11.6 Å². The maximum atomic E-state index is 9.36. The van der Waals surface area contributed by atoms with Gasteiger partial charge < -0.3 is 9.67 Å². The first-order valence-electron chi connectivity index (χ1n) is 7.62. The van der Waals surface area contributed by atoms with E-state index in [0.29, 0.717) is 11.1 Å². The van der Waals surface area contributed by atoms with Gasteiger partial charge >= 0.3 is 0 Å². The smallest absolute Gasteiger partial charge is 0.149 e. The summed E-state index contributed by atoms with van der Waals surface area (Å²) in [6.45, 7) is 11.5. The van der Waals surface area contributed by atoms with Gasteiger partial charge in [-0.15, -0.1) is 0 Å². The minimum absolute atomic E-state index is 0.147. The Labute approximate surface area is 126 Å². The minimum atomic E-state index is -0.147. The summed E-state index contributed by atoms with van der Waals surface area (Å²) < 4.78 is 2.17. The molecule has 20 heavy (non-hydrogen) atoms. The first kappa shape index (κ1) is 17.2. The summed E-state index contributed by atoms with van der Waals surface area (Å²) in [5, 5.41) is 9.93. The predicted molar refractivity (Wildman–Crippen MR) is 84.9 cm³/mol. The molecule has 1 saturated carbocycles. The van der Waals surface area contributed by atoms with Crippen molar-refractivity contribution in [3.05, 3.63) is 17.2 Å². The van der Waals surface area contributed by atoms with E-state index in [2.05, 4.69) is 14.5 Å². The van der Waals surface area contributed by atoms with E-state index in [1.54, 1.807) is 0 Å². The van der Waals surface area contributed by atoms with Crippen LogP contribution >= 0.6 is 11.6 Å². The van der Waals surface area contributed by atoms with Crippen LogP contribution in [0.3, 0.4) is 0 Å². The lowest BCUT2D eigenvalue weighted by Crippen LogP contribution is -2.30. The lowest BCUT2D eigenvalue weighted by molar-refractivity contribution is 0.0704. The maximum absolute atomic E-state index is 9.36. The summed E-state index contributed by atoms with van der Waals surface area (Å²) >= 11 is 6.10. The van der Waals surface area contributed by atoms with E-state index in [1.807, 2.05) is 34.6 Å². The predicted octanol–water partition coefficient (Wildman–Crippen LogP) is 3.48. The fourth-order valence-electron chi connectivity index (χ4n) is 2.52. The van der Waals surface area contributed by atoms with Gasteiger partial charge in [0, 0.05) is 12.5 Å². The molecule has 1 aliphatic heterocycles. The Morgan fingerprint density at radius 1 is 1.20 bits per heavy atom. The number of aliphatic hydroxyl groups is 1. The van der Waals surface area contributed by atoms with Crippen LogP contribution in [-0.4, -0.2) is 32.5 Å². The molecule has 2 aliphatic rings. The molecular weight excluding hydrogens is 274 g/mol. The number of aryl methyl sites for hydroxylation is 1.